The molecule has 2 aliphatic heterocycles. The molecule has 3 heterocycles. The Kier molecular flexibility index (Phi) is 2.89. The van der Waals surface area contributed by atoms with Gasteiger partial charge >= 0.3 is 0 Å². The van der Waals surface area contributed by atoms with Crippen molar-refractivity contribution >= 4 is 10.9 Å². The summed E-state index contributed by atoms with van der Waals surface area (Å²) < 4.78 is 5.35. The van der Waals surface area contributed by atoms with Crippen molar-refractivity contribution in [3.63, 3.8) is 0 Å². The van der Waals surface area contributed by atoms with Crippen LogP contribution in [0.4, 0.5) is 0 Å². The van der Waals surface area contributed by atoms with E-state index in [4.69, 9.17) is 4.74 Å². The summed E-state index contributed by atoms with van der Waals surface area (Å²) in [6.45, 7) is 5.03. The molecule has 1 N–H and O–H groups in total. The highest BCUT2D eigenvalue weighted by atomic mass is 16.5. The molecule has 1 aliphatic carbocycles. The lowest BCUT2D eigenvalue weighted by molar-refractivity contribution is -0.0614. The standard InChI is InChI=1S/C20H22N2O2/c1-3-12-11-22-18(10-20(22)9-16(12)20)19(23)14-6-7-21-17-5-4-13(24-2)8-15(14)17/h3-8,12,16,18-19,23H,1,9-11H2,2H3. The van der Waals surface area contributed by atoms with Crippen LogP contribution in [0.3, 0.4) is 0 Å². The van der Waals surface area contributed by atoms with E-state index in [-0.39, 0.29) is 6.04 Å². The number of hydrogen-bond acceptors (Lipinski definition) is 4. The first-order valence-electron chi connectivity index (χ1n) is 8.68. The molecule has 4 nitrogen and oxygen atoms in total. The number of benzene rings is 1. The number of fused-ring (bicyclic) bond motifs is 1. The van der Waals surface area contributed by atoms with Crippen molar-refractivity contribution in [2.45, 2.75) is 30.5 Å². The maximum atomic E-state index is 11.1. The van der Waals surface area contributed by atoms with Crippen molar-refractivity contribution in [1.29, 1.82) is 0 Å². The molecular formula is C20H22N2O2. The quantitative estimate of drug-likeness (QED) is 0.879. The Morgan fingerprint density at radius 2 is 2.29 bits per heavy atom. The van der Waals surface area contributed by atoms with E-state index in [1.54, 1.807) is 13.3 Å². The minimum Gasteiger partial charge on any atom is -0.497 e. The molecule has 1 aromatic heterocycles. The van der Waals surface area contributed by atoms with Crippen molar-refractivity contribution < 1.29 is 9.84 Å². The molecule has 124 valence electrons. The van der Waals surface area contributed by atoms with Gasteiger partial charge in [-0.1, -0.05) is 6.08 Å². The Morgan fingerprint density at radius 1 is 1.42 bits per heavy atom. The van der Waals surface area contributed by atoms with Gasteiger partial charge in [-0.25, -0.2) is 0 Å². The molecule has 3 fully saturated rings. The lowest BCUT2D eigenvalue weighted by atomic mass is 9.83. The number of rotatable bonds is 4. The molecule has 5 unspecified atom stereocenters. The molecule has 0 bridgehead atoms. The Bertz CT molecular complexity index is 835. The second-order valence-corrected chi connectivity index (χ2v) is 7.47. The van der Waals surface area contributed by atoms with Crippen LogP contribution >= 0.6 is 0 Å². The predicted octanol–water partition coefficient (Wildman–Crippen LogP) is 2.93. The number of hydrogen-bond donors (Lipinski definition) is 1. The first-order valence-corrected chi connectivity index (χ1v) is 8.68. The summed E-state index contributed by atoms with van der Waals surface area (Å²) in [5, 5.41) is 12.1. The summed E-state index contributed by atoms with van der Waals surface area (Å²) in [4.78, 5) is 6.95. The molecule has 1 saturated carbocycles. The van der Waals surface area contributed by atoms with Crippen LogP contribution in [-0.2, 0) is 0 Å². The Labute approximate surface area is 141 Å². The Hall–Kier alpha value is -1.91. The van der Waals surface area contributed by atoms with Gasteiger partial charge in [0.25, 0.3) is 0 Å². The number of aliphatic hydroxyl groups excluding tert-OH is 1. The average molecular weight is 322 g/mol. The molecule has 0 amide bonds. The van der Waals surface area contributed by atoms with Crippen molar-refractivity contribution in [3.8, 4) is 5.75 Å². The van der Waals surface area contributed by atoms with E-state index in [1.807, 2.05) is 24.3 Å². The van der Waals surface area contributed by atoms with Crippen LogP contribution in [0.25, 0.3) is 10.9 Å². The number of aliphatic hydroxyl groups is 1. The van der Waals surface area contributed by atoms with E-state index in [1.165, 1.54) is 6.42 Å². The van der Waals surface area contributed by atoms with Crippen LogP contribution in [0, 0.1) is 11.8 Å². The van der Waals surface area contributed by atoms with Crippen LogP contribution in [-0.4, -0.2) is 40.2 Å². The molecule has 1 spiro atoms. The zero-order chi connectivity index (χ0) is 16.5. The van der Waals surface area contributed by atoms with Gasteiger partial charge in [0.1, 0.15) is 5.75 Å². The number of piperidine rings is 1. The molecule has 1 aromatic carbocycles. The smallest absolute Gasteiger partial charge is 0.119 e. The third kappa shape index (κ3) is 1.73. The third-order valence-corrected chi connectivity index (χ3v) is 6.53. The number of nitrogens with zero attached hydrogens (tertiary/aromatic N) is 2. The minimum absolute atomic E-state index is 0.205. The van der Waals surface area contributed by atoms with Crippen molar-refractivity contribution in [1.82, 2.24) is 9.88 Å². The molecule has 3 aliphatic rings. The molecule has 5 rings (SSSR count). The van der Waals surface area contributed by atoms with E-state index in [9.17, 15) is 5.11 Å². The summed E-state index contributed by atoms with van der Waals surface area (Å²) >= 11 is 0. The summed E-state index contributed by atoms with van der Waals surface area (Å²) in [5.41, 5.74) is 2.24. The van der Waals surface area contributed by atoms with Crippen molar-refractivity contribution in [2.75, 3.05) is 13.7 Å². The maximum Gasteiger partial charge on any atom is 0.119 e. The van der Waals surface area contributed by atoms with Gasteiger partial charge in [0, 0.05) is 29.7 Å². The first kappa shape index (κ1) is 14.4. The molecule has 4 heteroatoms. The number of ether oxygens (including phenoxy) is 1. The van der Waals surface area contributed by atoms with Gasteiger partial charge in [-0.2, -0.15) is 0 Å². The molecule has 5 atom stereocenters. The van der Waals surface area contributed by atoms with Crippen LogP contribution in [0.5, 0.6) is 5.75 Å². The van der Waals surface area contributed by atoms with Gasteiger partial charge < -0.3 is 9.84 Å². The highest BCUT2D eigenvalue weighted by Crippen LogP contribution is 2.68. The lowest BCUT2D eigenvalue weighted by Gasteiger charge is -2.50. The van der Waals surface area contributed by atoms with E-state index in [2.05, 4.69) is 22.5 Å². The third-order valence-electron chi connectivity index (χ3n) is 6.53. The topological polar surface area (TPSA) is 45.6 Å². The fraction of sp³-hybridized carbons (Fsp3) is 0.450. The fourth-order valence-corrected chi connectivity index (χ4v) is 5.18. The molecule has 0 radical (unpaired) electrons. The molecule has 2 saturated heterocycles. The summed E-state index contributed by atoms with van der Waals surface area (Å²) in [7, 11) is 1.66. The van der Waals surface area contributed by atoms with Gasteiger partial charge in [-0.3, -0.25) is 9.88 Å². The van der Waals surface area contributed by atoms with E-state index in [0.29, 0.717) is 11.5 Å². The first-order chi connectivity index (χ1) is 11.7. The Morgan fingerprint density at radius 3 is 3.08 bits per heavy atom. The van der Waals surface area contributed by atoms with Gasteiger partial charge in [0.2, 0.25) is 0 Å². The van der Waals surface area contributed by atoms with Gasteiger partial charge in [-0.15, -0.1) is 6.58 Å². The van der Waals surface area contributed by atoms with E-state index >= 15 is 0 Å². The van der Waals surface area contributed by atoms with Crippen LogP contribution in [0.15, 0.2) is 43.1 Å². The summed E-state index contributed by atoms with van der Waals surface area (Å²) in [6, 6.07) is 7.99. The van der Waals surface area contributed by atoms with E-state index in [0.717, 1.165) is 41.1 Å². The van der Waals surface area contributed by atoms with Crippen molar-refractivity contribution in [3.05, 3.63) is 48.7 Å². The highest BCUT2D eigenvalue weighted by molar-refractivity contribution is 5.84. The lowest BCUT2D eigenvalue weighted by Crippen LogP contribution is -2.58. The molecule has 2 aromatic rings. The van der Waals surface area contributed by atoms with Crippen LogP contribution in [0.2, 0.25) is 0 Å². The SMILES string of the molecule is C=CC1CN2C(C(O)c3ccnc4ccc(OC)cc34)CC23CC13. The summed E-state index contributed by atoms with van der Waals surface area (Å²) in [6.07, 6.45) is 5.78. The van der Waals surface area contributed by atoms with Crippen molar-refractivity contribution in [2.24, 2.45) is 11.8 Å². The zero-order valence-corrected chi connectivity index (χ0v) is 13.9. The minimum atomic E-state index is -0.488. The monoisotopic (exact) mass is 322 g/mol. The normalized spacial score (nSPS) is 35.0. The van der Waals surface area contributed by atoms with Crippen LogP contribution < -0.4 is 4.74 Å². The maximum absolute atomic E-state index is 11.1. The fourth-order valence-electron chi connectivity index (χ4n) is 5.18. The molecule has 24 heavy (non-hydrogen) atoms. The second kappa shape index (κ2) is 4.80. The van der Waals surface area contributed by atoms with Gasteiger partial charge in [0.05, 0.1) is 18.7 Å². The van der Waals surface area contributed by atoms with Gasteiger partial charge in [0.15, 0.2) is 0 Å². The second-order valence-electron chi connectivity index (χ2n) is 7.47. The largest absolute Gasteiger partial charge is 0.497 e. The highest BCUT2D eigenvalue weighted by Gasteiger charge is 2.73. The molecular weight excluding hydrogens is 300 g/mol. The number of aromatic nitrogens is 1. The predicted molar refractivity (Wildman–Crippen MR) is 92.9 cm³/mol. The average Bonchev–Trinajstić information content (AvgIpc) is 3.31. The Balaban J connectivity index is 1.49. The number of methoxy groups -OCH3 is 1. The van der Waals surface area contributed by atoms with Crippen LogP contribution in [0.1, 0.15) is 24.5 Å². The zero-order valence-electron chi connectivity index (χ0n) is 13.9. The summed E-state index contributed by atoms with van der Waals surface area (Å²) in [5.74, 6) is 2.16. The van der Waals surface area contributed by atoms with Gasteiger partial charge in [-0.05, 0) is 54.5 Å². The number of pyridine rings is 1. The van der Waals surface area contributed by atoms with E-state index < -0.39 is 6.10 Å².